The summed E-state index contributed by atoms with van der Waals surface area (Å²) < 4.78 is 1.45. The number of hydrogen-bond donors (Lipinski definition) is 1. The predicted octanol–water partition coefficient (Wildman–Crippen LogP) is 1.70. The maximum atomic E-state index is 12.1. The van der Waals surface area contributed by atoms with Gasteiger partial charge in [-0.3, -0.25) is 14.9 Å². The number of aromatic amines is 1. The molecular formula is C13H12N4O. The van der Waals surface area contributed by atoms with Crippen molar-refractivity contribution < 1.29 is 0 Å². The SMILES string of the molecule is Cc1nc2c(-c3ccccn3)c[nH]n2c(=O)c1C. The van der Waals surface area contributed by atoms with Crippen molar-refractivity contribution in [3.8, 4) is 11.3 Å². The minimum atomic E-state index is -0.0697. The Morgan fingerprint density at radius 2 is 2.11 bits per heavy atom. The number of nitrogens with one attached hydrogen (secondary N) is 1. The Kier molecular flexibility index (Phi) is 2.26. The summed E-state index contributed by atoms with van der Waals surface area (Å²) in [6, 6.07) is 5.66. The van der Waals surface area contributed by atoms with Crippen LogP contribution in [-0.2, 0) is 0 Å². The standard InChI is InChI=1S/C13H12N4O/c1-8-9(2)16-12-10(7-15-17(12)13(8)18)11-5-3-4-6-14-11/h3-7,15H,1-2H3. The number of pyridine rings is 1. The van der Waals surface area contributed by atoms with Crippen molar-refractivity contribution in [2.75, 3.05) is 0 Å². The molecule has 5 heteroatoms. The monoisotopic (exact) mass is 240 g/mol. The van der Waals surface area contributed by atoms with Crippen molar-refractivity contribution in [1.29, 1.82) is 0 Å². The molecule has 0 aliphatic rings. The Morgan fingerprint density at radius 1 is 1.28 bits per heavy atom. The molecule has 3 heterocycles. The van der Waals surface area contributed by atoms with Crippen LogP contribution in [0.3, 0.4) is 0 Å². The van der Waals surface area contributed by atoms with Crippen LogP contribution in [0.4, 0.5) is 0 Å². The van der Waals surface area contributed by atoms with E-state index in [1.807, 2.05) is 25.1 Å². The van der Waals surface area contributed by atoms with Gasteiger partial charge in [0.15, 0.2) is 5.65 Å². The Hall–Kier alpha value is -2.43. The van der Waals surface area contributed by atoms with Crippen LogP contribution in [-0.4, -0.2) is 19.6 Å². The fraction of sp³-hybridized carbons (Fsp3) is 0.154. The predicted molar refractivity (Wildman–Crippen MR) is 68.5 cm³/mol. The Morgan fingerprint density at radius 3 is 2.83 bits per heavy atom. The minimum absolute atomic E-state index is 0.0697. The van der Waals surface area contributed by atoms with Crippen LogP contribution < -0.4 is 5.56 Å². The van der Waals surface area contributed by atoms with Gasteiger partial charge in [-0.15, -0.1) is 0 Å². The van der Waals surface area contributed by atoms with Crippen molar-refractivity contribution in [1.82, 2.24) is 19.6 Å². The molecule has 5 nitrogen and oxygen atoms in total. The van der Waals surface area contributed by atoms with Crippen LogP contribution in [0.5, 0.6) is 0 Å². The first-order chi connectivity index (χ1) is 8.68. The molecule has 0 spiro atoms. The van der Waals surface area contributed by atoms with Crippen molar-refractivity contribution in [3.05, 3.63) is 52.2 Å². The molecule has 0 aromatic carbocycles. The lowest BCUT2D eigenvalue weighted by Gasteiger charge is -2.01. The third kappa shape index (κ3) is 1.44. The van der Waals surface area contributed by atoms with Gasteiger partial charge in [0.2, 0.25) is 0 Å². The molecule has 0 radical (unpaired) electrons. The van der Waals surface area contributed by atoms with Crippen LogP contribution in [0.1, 0.15) is 11.3 Å². The van der Waals surface area contributed by atoms with E-state index in [2.05, 4.69) is 15.1 Å². The second kappa shape index (κ2) is 3.80. The fourth-order valence-electron chi connectivity index (χ4n) is 1.92. The maximum Gasteiger partial charge on any atom is 0.275 e. The second-order valence-corrected chi connectivity index (χ2v) is 4.19. The molecule has 3 aromatic rings. The summed E-state index contributed by atoms with van der Waals surface area (Å²) in [5.41, 5.74) is 3.57. The highest BCUT2D eigenvalue weighted by molar-refractivity contribution is 5.74. The summed E-state index contributed by atoms with van der Waals surface area (Å²) in [5.74, 6) is 0. The first-order valence-electron chi connectivity index (χ1n) is 5.67. The lowest BCUT2D eigenvalue weighted by Crippen LogP contribution is -2.19. The molecule has 1 N–H and O–H groups in total. The molecule has 0 aliphatic carbocycles. The summed E-state index contributed by atoms with van der Waals surface area (Å²) in [4.78, 5) is 20.8. The first kappa shape index (κ1) is 10.7. The molecular weight excluding hydrogens is 228 g/mol. The van der Waals surface area contributed by atoms with E-state index in [4.69, 9.17) is 0 Å². The molecule has 0 unspecified atom stereocenters. The number of H-pyrrole nitrogens is 1. The molecule has 3 rings (SSSR count). The first-order valence-corrected chi connectivity index (χ1v) is 5.67. The van der Waals surface area contributed by atoms with E-state index in [-0.39, 0.29) is 5.56 Å². The van der Waals surface area contributed by atoms with Gasteiger partial charge in [0.1, 0.15) is 0 Å². The minimum Gasteiger partial charge on any atom is -0.296 e. The number of rotatable bonds is 1. The van der Waals surface area contributed by atoms with Crippen LogP contribution >= 0.6 is 0 Å². The van der Waals surface area contributed by atoms with Gasteiger partial charge in [-0.05, 0) is 26.0 Å². The van der Waals surface area contributed by atoms with Gasteiger partial charge in [-0.2, -0.15) is 0 Å². The van der Waals surface area contributed by atoms with E-state index in [1.54, 1.807) is 19.3 Å². The number of aromatic nitrogens is 4. The molecule has 0 amide bonds. The number of fused-ring (bicyclic) bond motifs is 1. The molecule has 0 bridgehead atoms. The topological polar surface area (TPSA) is 63.1 Å². The van der Waals surface area contributed by atoms with Gasteiger partial charge < -0.3 is 0 Å². The summed E-state index contributed by atoms with van der Waals surface area (Å²) in [7, 11) is 0. The van der Waals surface area contributed by atoms with E-state index >= 15 is 0 Å². The van der Waals surface area contributed by atoms with Crippen molar-refractivity contribution in [3.63, 3.8) is 0 Å². The van der Waals surface area contributed by atoms with E-state index in [0.29, 0.717) is 11.2 Å². The summed E-state index contributed by atoms with van der Waals surface area (Å²) >= 11 is 0. The normalized spacial score (nSPS) is 11.0. The van der Waals surface area contributed by atoms with E-state index in [0.717, 1.165) is 17.0 Å². The highest BCUT2D eigenvalue weighted by Crippen LogP contribution is 2.20. The zero-order chi connectivity index (χ0) is 12.7. The van der Waals surface area contributed by atoms with E-state index < -0.39 is 0 Å². The lowest BCUT2D eigenvalue weighted by molar-refractivity contribution is 0.873. The van der Waals surface area contributed by atoms with Gasteiger partial charge in [0, 0.05) is 23.7 Å². The third-order valence-electron chi connectivity index (χ3n) is 3.07. The van der Waals surface area contributed by atoms with Crippen LogP contribution in [0.15, 0.2) is 35.4 Å². The van der Waals surface area contributed by atoms with Crippen LogP contribution in [0.2, 0.25) is 0 Å². The molecule has 18 heavy (non-hydrogen) atoms. The molecule has 3 aromatic heterocycles. The van der Waals surface area contributed by atoms with Crippen molar-refractivity contribution >= 4 is 5.65 Å². The number of aryl methyl sites for hydroxylation is 1. The number of hydrogen-bond acceptors (Lipinski definition) is 3. The second-order valence-electron chi connectivity index (χ2n) is 4.19. The van der Waals surface area contributed by atoms with Crippen molar-refractivity contribution in [2.45, 2.75) is 13.8 Å². The molecule has 0 fully saturated rings. The average Bonchev–Trinajstić information content (AvgIpc) is 2.81. The molecule has 90 valence electrons. The van der Waals surface area contributed by atoms with Crippen LogP contribution in [0, 0.1) is 13.8 Å². The van der Waals surface area contributed by atoms with Crippen molar-refractivity contribution in [2.24, 2.45) is 0 Å². The maximum absolute atomic E-state index is 12.1. The molecule has 0 saturated heterocycles. The summed E-state index contributed by atoms with van der Waals surface area (Å²) in [6.45, 7) is 3.62. The smallest absolute Gasteiger partial charge is 0.275 e. The van der Waals surface area contributed by atoms with E-state index in [1.165, 1.54) is 4.52 Å². The quantitative estimate of drug-likeness (QED) is 0.704. The van der Waals surface area contributed by atoms with E-state index in [9.17, 15) is 4.79 Å². The molecule has 0 aliphatic heterocycles. The highest BCUT2D eigenvalue weighted by Gasteiger charge is 2.12. The van der Waals surface area contributed by atoms with Gasteiger partial charge in [0.25, 0.3) is 5.56 Å². The zero-order valence-corrected chi connectivity index (χ0v) is 10.1. The fourth-order valence-corrected chi connectivity index (χ4v) is 1.92. The molecule has 0 saturated carbocycles. The van der Waals surface area contributed by atoms with Crippen LogP contribution in [0.25, 0.3) is 16.9 Å². The molecule has 0 atom stereocenters. The number of nitrogens with zero attached hydrogens (tertiary/aromatic N) is 3. The lowest BCUT2D eigenvalue weighted by atomic mass is 10.2. The Balaban J connectivity index is 2.38. The Labute approximate surface area is 103 Å². The average molecular weight is 240 g/mol. The highest BCUT2D eigenvalue weighted by atomic mass is 16.1. The Bertz CT molecular complexity index is 771. The van der Waals surface area contributed by atoms with Gasteiger partial charge >= 0.3 is 0 Å². The zero-order valence-electron chi connectivity index (χ0n) is 10.1. The largest absolute Gasteiger partial charge is 0.296 e. The summed E-state index contributed by atoms with van der Waals surface area (Å²) in [5, 5.41) is 2.92. The van der Waals surface area contributed by atoms with Gasteiger partial charge in [0.05, 0.1) is 11.3 Å². The summed E-state index contributed by atoms with van der Waals surface area (Å²) in [6.07, 6.45) is 3.48. The van der Waals surface area contributed by atoms with Gasteiger partial charge in [-0.1, -0.05) is 6.07 Å². The van der Waals surface area contributed by atoms with Gasteiger partial charge in [-0.25, -0.2) is 9.50 Å². The third-order valence-corrected chi connectivity index (χ3v) is 3.07.